The lowest BCUT2D eigenvalue weighted by atomic mass is 10.1. The lowest BCUT2D eigenvalue weighted by molar-refractivity contribution is -0.133. The van der Waals surface area contributed by atoms with Gasteiger partial charge in [-0.2, -0.15) is 0 Å². The van der Waals surface area contributed by atoms with Crippen LogP contribution in [0.25, 0.3) is 0 Å². The maximum absolute atomic E-state index is 11.5. The molecule has 1 saturated carbocycles. The number of amides is 1. The average Bonchev–Trinajstić information content (AvgIpc) is 3.05. The maximum Gasteiger partial charge on any atom is 0.225 e. The van der Waals surface area contributed by atoms with Crippen molar-refractivity contribution in [2.45, 2.75) is 46.0 Å². The molecule has 2 fully saturated rings. The van der Waals surface area contributed by atoms with Crippen LogP contribution in [-0.4, -0.2) is 23.9 Å². The summed E-state index contributed by atoms with van der Waals surface area (Å²) in [4.78, 5) is 13.5. The van der Waals surface area contributed by atoms with Crippen LogP contribution in [-0.2, 0) is 4.79 Å². The summed E-state index contributed by atoms with van der Waals surface area (Å²) < 4.78 is 0. The van der Waals surface area contributed by atoms with Crippen LogP contribution in [0.15, 0.2) is 0 Å². The summed E-state index contributed by atoms with van der Waals surface area (Å²) in [6.07, 6.45) is 6.05. The summed E-state index contributed by atoms with van der Waals surface area (Å²) in [5.41, 5.74) is 0. The SMILES string of the molecule is CC.O=C(C1CC1)N1CCCCC1. The minimum Gasteiger partial charge on any atom is -0.342 e. The predicted molar refractivity (Wildman–Crippen MR) is 54.5 cm³/mol. The first kappa shape index (κ1) is 10.6. The molecule has 2 aliphatic rings. The Morgan fingerprint density at radius 1 is 1.08 bits per heavy atom. The number of nitrogens with zero attached hydrogens (tertiary/aromatic N) is 1. The Bertz CT molecular complexity index is 157. The normalized spacial score (nSPS) is 21.8. The molecule has 2 nitrogen and oxygen atoms in total. The largest absolute Gasteiger partial charge is 0.342 e. The molecule has 1 amide bonds. The number of hydrogen-bond acceptors (Lipinski definition) is 1. The minimum atomic E-state index is 0.424. The van der Waals surface area contributed by atoms with Gasteiger partial charge in [0.1, 0.15) is 0 Å². The predicted octanol–water partition coefficient (Wildman–Crippen LogP) is 2.44. The van der Waals surface area contributed by atoms with Crippen LogP contribution in [0.3, 0.4) is 0 Å². The van der Waals surface area contributed by atoms with E-state index in [1.54, 1.807) is 0 Å². The number of carbonyl (C=O) groups is 1. The summed E-state index contributed by atoms with van der Waals surface area (Å²) in [7, 11) is 0. The first-order chi connectivity index (χ1) is 6.38. The molecule has 2 rings (SSSR count). The molecular formula is C11H21NO. The number of carbonyl (C=O) groups excluding carboxylic acids is 1. The van der Waals surface area contributed by atoms with E-state index < -0.39 is 0 Å². The third-order valence-corrected chi connectivity index (χ3v) is 2.59. The first-order valence-corrected chi connectivity index (χ1v) is 5.67. The van der Waals surface area contributed by atoms with Crippen molar-refractivity contribution in [3.63, 3.8) is 0 Å². The van der Waals surface area contributed by atoms with Gasteiger partial charge < -0.3 is 4.90 Å². The zero-order valence-electron chi connectivity index (χ0n) is 8.88. The first-order valence-electron chi connectivity index (χ1n) is 5.67. The molecule has 1 aliphatic carbocycles. The molecular weight excluding hydrogens is 162 g/mol. The van der Waals surface area contributed by atoms with Crippen LogP contribution in [0.1, 0.15) is 46.0 Å². The third-order valence-electron chi connectivity index (χ3n) is 2.59. The molecule has 0 N–H and O–H groups in total. The Morgan fingerprint density at radius 2 is 1.62 bits per heavy atom. The topological polar surface area (TPSA) is 20.3 Å². The van der Waals surface area contributed by atoms with Crippen LogP contribution < -0.4 is 0 Å². The van der Waals surface area contributed by atoms with Crippen molar-refractivity contribution in [1.82, 2.24) is 4.90 Å². The Morgan fingerprint density at radius 3 is 2.08 bits per heavy atom. The van der Waals surface area contributed by atoms with Gasteiger partial charge in [-0.15, -0.1) is 0 Å². The van der Waals surface area contributed by atoms with Crippen molar-refractivity contribution < 1.29 is 4.79 Å². The van der Waals surface area contributed by atoms with E-state index in [0.717, 1.165) is 25.9 Å². The molecule has 76 valence electrons. The summed E-state index contributed by atoms with van der Waals surface area (Å²) in [6, 6.07) is 0. The lowest BCUT2D eigenvalue weighted by Gasteiger charge is -2.26. The van der Waals surface area contributed by atoms with Gasteiger partial charge in [-0.05, 0) is 32.1 Å². The van der Waals surface area contributed by atoms with Gasteiger partial charge in [0.05, 0.1) is 0 Å². The molecule has 1 saturated heterocycles. The fraction of sp³-hybridized carbons (Fsp3) is 0.909. The van der Waals surface area contributed by atoms with E-state index in [0.29, 0.717) is 11.8 Å². The van der Waals surface area contributed by atoms with E-state index >= 15 is 0 Å². The molecule has 0 aromatic rings. The summed E-state index contributed by atoms with van der Waals surface area (Å²) in [5, 5.41) is 0. The zero-order chi connectivity index (χ0) is 9.68. The third kappa shape index (κ3) is 3.02. The Balaban J connectivity index is 0.000000396. The van der Waals surface area contributed by atoms with Crippen molar-refractivity contribution in [3.8, 4) is 0 Å². The highest BCUT2D eigenvalue weighted by atomic mass is 16.2. The molecule has 1 aliphatic heterocycles. The molecule has 0 spiro atoms. The molecule has 2 heteroatoms. The number of hydrogen-bond donors (Lipinski definition) is 0. The van der Waals surface area contributed by atoms with Gasteiger partial charge >= 0.3 is 0 Å². The van der Waals surface area contributed by atoms with Crippen LogP contribution in [0.2, 0.25) is 0 Å². The fourth-order valence-electron chi connectivity index (χ4n) is 1.70. The molecule has 0 radical (unpaired) electrons. The van der Waals surface area contributed by atoms with Crippen molar-refractivity contribution >= 4 is 5.91 Å². The van der Waals surface area contributed by atoms with E-state index in [4.69, 9.17) is 0 Å². The second-order valence-electron chi connectivity index (χ2n) is 3.66. The van der Waals surface area contributed by atoms with Gasteiger partial charge in [-0.3, -0.25) is 4.79 Å². The molecule has 0 atom stereocenters. The molecule has 0 unspecified atom stereocenters. The van der Waals surface area contributed by atoms with Crippen LogP contribution in [0.4, 0.5) is 0 Å². The number of rotatable bonds is 1. The average molecular weight is 183 g/mol. The van der Waals surface area contributed by atoms with Gasteiger partial charge in [0, 0.05) is 19.0 Å². The molecule has 0 bridgehead atoms. The fourth-order valence-corrected chi connectivity index (χ4v) is 1.70. The Hall–Kier alpha value is -0.530. The van der Waals surface area contributed by atoms with Gasteiger partial charge in [0.25, 0.3) is 0 Å². The molecule has 13 heavy (non-hydrogen) atoms. The van der Waals surface area contributed by atoms with Crippen molar-refractivity contribution in [2.75, 3.05) is 13.1 Å². The van der Waals surface area contributed by atoms with Crippen molar-refractivity contribution in [1.29, 1.82) is 0 Å². The van der Waals surface area contributed by atoms with E-state index in [1.807, 2.05) is 13.8 Å². The smallest absolute Gasteiger partial charge is 0.225 e. The van der Waals surface area contributed by atoms with Crippen LogP contribution in [0, 0.1) is 5.92 Å². The van der Waals surface area contributed by atoms with Crippen molar-refractivity contribution in [3.05, 3.63) is 0 Å². The Labute approximate surface area is 81.3 Å². The highest BCUT2D eigenvalue weighted by Gasteiger charge is 2.33. The molecule has 0 aromatic carbocycles. The zero-order valence-corrected chi connectivity index (χ0v) is 8.88. The number of piperidine rings is 1. The standard InChI is InChI=1S/C9H15NO.C2H6/c11-9(8-4-5-8)10-6-2-1-3-7-10;1-2/h8H,1-7H2;1-2H3. The van der Waals surface area contributed by atoms with Crippen molar-refractivity contribution in [2.24, 2.45) is 5.92 Å². The van der Waals surface area contributed by atoms with Gasteiger partial charge in [0.15, 0.2) is 0 Å². The quantitative estimate of drug-likeness (QED) is 0.611. The Kier molecular flexibility index (Phi) is 4.26. The lowest BCUT2D eigenvalue weighted by Crippen LogP contribution is -2.36. The monoisotopic (exact) mass is 183 g/mol. The minimum absolute atomic E-state index is 0.424. The molecule has 1 heterocycles. The van der Waals surface area contributed by atoms with E-state index in [9.17, 15) is 4.79 Å². The number of likely N-dealkylation sites (tertiary alicyclic amines) is 1. The maximum atomic E-state index is 11.5. The summed E-state index contributed by atoms with van der Waals surface area (Å²) in [5.74, 6) is 0.859. The van der Waals surface area contributed by atoms with E-state index in [-0.39, 0.29) is 0 Å². The summed E-state index contributed by atoms with van der Waals surface area (Å²) in [6.45, 7) is 6.05. The summed E-state index contributed by atoms with van der Waals surface area (Å²) >= 11 is 0. The van der Waals surface area contributed by atoms with Crippen LogP contribution >= 0.6 is 0 Å². The van der Waals surface area contributed by atoms with Gasteiger partial charge in [0.2, 0.25) is 5.91 Å². The van der Waals surface area contributed by atoms with E-state index in [1.165, 1.54) is 19.3 Å². The second kappa shape index (κ2) is 5.25. The van der Waals surface area contributed by atoms with Crippen LogP contribution in [0.5, 0.6) is 0 Å². The molecule has 0 aromatic heterocycles. The van der Waals surface area contributed by atoms with E-state index in [2.05, 4.69) is 4.90 Å². The van der Waals surface area contributed by atoms with Gasteiger partial charge in [-0.1, -0.05) is 13.8 Å². The highest BCUT2D eigenvalue weighted by Crippen LogP contribution is 2.31. The second-order valence-corrected chi connectivity index (χ2v) is 3.66. The highest BCUT2D eigenvalue weighted by molar-refractivity contribution is 5.81. The van der Waals surface area contributed by atoms with Gasteiger partial charge in [-0.25, -0.2) is 0 Å².